The molecule has 27 heavy (non-hydrogen) atoms. The van der Waals surface area contributed by atoms with Gasteiger partial charge in [-0.25, -0.2) is 0 Å². The SMILES string of the molecule is CC(=O)Nc1ccc(N2C[C@]34C=C[C@@H](O3)[C@@H](C(=O)NC3CC3)[C@@H]4C2=O)cc1. The second-order valence-electron chi connectivity index (χ2n) is 7.84. The van der Waals surface area contributed by atoms with Gasteiger partial charge in [-0.2, -0.15) is 0 Å². The molecule has 7 nitrogen and oxygen atoms in total. The van der Waals surface area contributed by atoms with Crippen molar-refractivity contribution in [3.05, 3.63) is 36.4 Å². The Morgan fingerprint density at radius 3 is 2.63 bits per heavy atom. The van der Waals surface area contributed by atoms with E-state index in [1.54, 1.807) is 29.2 Å². The van der Waals surface area contributed by atoms with Crippen LogP contribution in [0.2, 0.25) is 0 Å². The van der Waals surface area contributed by atoms with Crippen LogP contribution in [0.1, 0.15) is 19.8 Å². The first kappa shape index (κ1) is 16.5. The van der Waals surface area contributed by atoms with E-state index < -0.39 is 17.4 Å². The average Bonchev–Trinajstić information content (AvgIpc) is 3.16. The zero-order valence-electron chi connectivity index (χ0n) is 15.0. The van der Waals surface area contributed by atoms with Crippen LogP contribution in [0.15, 0.2) is 36.4 Å². The predicted octanol–water partition coefficient (Wildman–Crippen LogP) is 1.21. The summed E-state index contributed by atoms with van der Waals surface area (Å²) in [6.07, 6.45) is 5.58. The lowest BCUT2D eigenvalue weighted by molar-refractivity contribution is -0.132. The molecule has 1 spiro atoms. The fraction of sp³-hybridized carbons (Fsp3) is 0.450. The lowest BCUT2D eigenvalue weighted by atomic mass is 9.77. The van der Waals surface area contributed by atoms with E-state index in [2.05, 4.69) is 10.6 Å². The van der Waals surface area contributed by atoms with Crippen LogP contribution in [0.5, 0.6) is 0 Å². The van der Waals surface area contributed by atoms with Crippen molar-refractivity contribution in [2.45, 2.75) is 37.5 Å². The van der Waals surface area contributed by atoms with E-state index in [0.717, 1.165) is 18.5 Å². The summed E-state index contributed by atoms with van der Waals surface area (Å²) in [5, 5.41) is 5.74. The largest absolute Gasteiger partial charge is 0.360 e. The van der Waals surface area contributed by atoms with Crippen LogP contribution in [-0.4, -0.2) is 42.0 Å². The minimum atomic E-state index is -0.719. The summed E-state index contributed by atoms with van der Waals surface area (Å²) in [7, 11) is 0. The van der Waals surface area contributed by atoms with Gasteiger partial charge >= 0.3 is 0 Å². The Morgan fingerprint density at radius 2 is 1.96 bits per heavy atom. The minimum absolute atomic E-state index is 0.0741. The molecule has 0 aromatic heterocycles. The van der Waals surface area contributed by atoms with Crippen LogP contribution < -0.4 is 15.5 Å². The zero-order valence-corrected chi connectivity index (χ0v) is 15.0. The summed E-state index contributed by atoms with van der Waals surface area (Å²) < 4.78 is 6.13. The Hall–Kier alpha value is -2.67. The molecule has 3 heterocycles. The van der Waals surface area contributed by atoms with Gasteiger partial charge in [0.15, 0.2) is 0 Å². The molecule has 4 atom stereocenters. The maximum absolute atomic E-state index is 13.2. The van der Waals surface area contributed by atoms with Gasteiger partial charge in [0.2, 0.25) is 17.7 Å². The number of hydrogen-bond acceptors (Lipinski definition) is 4. The number of fused-ring (bicyclic) bond motifs is 1. The van der Waals surface area contributed by atoms with E-state index in [4.69, 9.17) is 4.74 Å². The smallest absolute Gasteiger partial charge is 0.234 e. The van der Waals surface area contributed by atoms with Crippen LogP contribution >= 0.6 is 0 Å². The number of nitrogens with one attached hydrogen (secondary N) is 2. The maximum atomic E-state index is 13.2. The first-order valence-corrected chi connectivity index (χ1v) is 9.33. The molecule has 1 aliphatic carbocycles. The lowest BCUT2D eigenvalue weighted by Gasteiger charge is -2.23. The number of nitrogens with zero attached hydrogens (tertiary/aromatic N) is 1. The summed E-state index contributed by atoms with van der Waals surface area (Å²) in [5.74, 6) is -1.25. The van der Waals surface area contributed by atoms with E-state index in [1.165, 1.54) is 6.92 Å². The number of benzene rings is 1. The molecule has 2 N–H and O–H groups in total. The summed E-state index contributed by atoms with van der Waals surface area (Å²) in [6.45, 7) is 1.85. The number of carbonyl (C=O) groups excluding carboxylic acids is 3. The van der Waals surface area contributed by atoms with Gasteiger partial charge in [0.1, 0.15) is 5.60 Å². The van der Waals surface area contributed by atoms with Crippen LogP contribution in [-0.2, 0) is 19.1 Å². The van der Waals surface area contributed by atoms with Crippen molar-refractivity contribution >= 4 is 29.1 Å². The van der Waals surface area contributed by atoms with Crippen molar-refractivity contribution < 1.29 is 19.1 Å². The lowest BCUT2D eigenvalue weighted by Crippen LogP contribution is -2.44. The number of carbonyl (C=O) groups is 3. The molecule has 3 amide bonds. The second-order valence-corrected chi connectivity index (χ2v) is 7.84. The number of rotatable bonds is 4. The summed E-state index contributed by atoms with van der Waals surface area (Å²) in [4.78, 5) is 38.8. The van der Waals surface area contributed by atoms with E-state index in [-0.39, 0.29) is 29.9 Å². The van der Waals surface area contributed by atoms with Crippen molar-refractivity contribution in [2.24, 2.45) is 11.8 Å². The van der Waals surface area contributed by atoms with Gasteiger partial charge in [-0.3, -0.25) is 14.4 Å². The molecule has 2 bridgehead atoms. The first-order chi connectivity index (χ1) is 13.0. The molecule has 5 rings (SSSR count). The van der Waals surface area contributed by atoms with E-state index in [0.29, 0.717) is 12.2 Å². The van der Waals surface area contributed by atoms with Gasteiger partial charge in [-0.15, -0.1) is 0 Å². The van der Waals surface area contributed by atoms with Crippen molar-refractivity contribution in [3.8, 4) is 0 Å². The highest BCUT2D eigenvalue weighted by molar-refractivity contribution is 6.03. The topological polar surface area (TPSA) is 87.7 Å². The molecular weight excluding hydrogens is 346 g/mol. The number of ether oxygens (including phenoxy) is 1. The normalized spacial score (nSPS) is 33.3. The molecule has 3 fully saturated rings. The van der Waals surface area contributed by atoms with Gasteiger partial charge < -0.3 is 20.3 Å². The van der Waals surface area contributed by atoms with Crippen molar-refractivity contribution in [3.63, 3.8) is 0 Å². The Kier molecular flexibility index (Phi) is 3.46. The molecule has 1 aromatic rings. The van der Waals surface area contributed by atoms with Crippen LogP contribution in [0.4, 0.5) is 11.4 Å². The highest BCUT2D eigenvalue weighted by Crippen LogP contribution is 2.52. The van der Waals surface area contributed by atoms with Crippen molar-refractivity contribution in [1.82, 2.24) is 5.32 Å². The molecule has 140 valence electrons. The van der Waals surface area contributed by atoms with Crippen LogP contribution in [0.25, 0.3) is 0 Å². The zero-order chi connectivity index (χ0) is 18.8. The number of anilines is 2. The van der Waals surface area contributed by atoms with Gasteiger partial charge in [-0.05, 0) is 37.1 Å². The van der Waals surface area contributed by atoms with Crippen LogP contribution in [0, 0.1) is 11.8 Å². The van der Waals surface area contributed by atoms with Gasteiger partial charge in [0, 0.05) is 24.3 Å². The van der Waals surface area contributed by atoms with Crippen molar-refractivity contribution in [1.29, 1.82) is 0 Å². The number of amides is 3. The fourth-order valence-corrected chi connectivity index (χ4v) is 4.47. The average molecular weight is 367 g/mol. The Morgan fingerprint density at radius 1 is 1.22 bits per heavy atom. The molecule has 2 saturated heterocycles. The van der Waals surface area contributed by atoms with E-state index >= 15 is 0 Å². The minimum Gasteiger partial charge on any atom is -0.360 e. The third kappa shape index (κ3) is 2.56. The highest BCUT2D eigenvalue weighted by Gasteiger charge is 2.67. The molecule has 7 heteroatoms. The highest BCUT2D eigenvalue weighted by atomic mass is 16.5. The standard InChI is InChI=1S/C20H21N3O4/c1-11(24)21-12-4-6-14(7-5-12)23-10-20-9-8-15(27-20)16(17(20)19(23)26)18(25)22-13-2-3-13/h4-9,13,15-17H,2-3,10H2,1H3,(H,21,24)(H,22,25)/t15-,16-,17-,20+/m1/s1. The quantitative estimate of drug-likeness (QED) is 0.783. The summed E-state index contributed by atoms with van der Waals surface area (Å²) >= 11 is 0. The second kappa shape index (κ2) is 5.66. The van der Waals surface area contributed by atoms with Crippen molar-refractivity contribution in [2.75, 3.05) is 16.8 Å². The first-order valence-electron chi connectivity index (χ1n) is 9.33. The molecule has 1 aromatic carbocycles. The molecule has 0 radical (unpaired) electrons. The Balaban J connectivity index is 1.40. The Labute approximate surface area is 156 Å². The third-order valence-corrected chi connectivity index (χ3v) is 5.83. The van der Waals surface area contributed by atoms with Gasteiger partial charge in [0.25, 0.3) is 0 Å². The fourth-order valence-electron chi connectivity index (χ4n) is 4.47. The van der Waals surface area contributed by atoms with Crippen LogP contribution in [0.3, 0.4) is 0 Å². The molecule has 0 unspecified atom stereocenters. The summed E-state index contributed by atoms with van der Waals surface area (Å²) in [5.41, 5.74) is 0.693. The molecule has 3 aliphatic heterocycles. The molecule has 1 saturated carbocycles. The monoisotopic (exact) mass is 367 g/mol. The van der Waals surface area contributed by atoms with Gasteiger partial charge in [0.05, 0.1) is 24.5 Å². The number of hydrogen-bond donors (Lipinski definition) is 2. The van der Waals surface area contributed by atoms with Gasteiger partial charge in [-0.1, -0.05) is 12.2 Å². The summed E-state index contributed by atoms with van der Waals surface area (Å²) in [6, 6.07) is 7.39. The third-order valence-electron chi connectivity index (χ3n) is 5.83. The van der Waals surface area contributed by atoms with E-state index in [9.17, 15) is 14.4 Å². The molecule has 4 aliphatic rings. The molecular formula is C20H21N3O4. The van der Waals surface area contributed by atoms with E-state index in [1.807, 2.05) is 12.2 Å². The maximum Gasteiger partial charge on any atom is 0.234 e. The Bertz CT molecular complexity index is 860. The predicted molar refractivity (Wildman–Crippen MR) is 98.0 cm³/mol.